The van der Waals surface area contributed by atoms with E-state index in [0.717, 1.165) is 15.7 Å². The first-order valence-electron chi connectivity index (χ1n) is 5.25. The molecule has 3 rings (SSSR count). The van der Waals surface area contributed by atoms with Crippen LogP contribution in [0.4, 0.5) is 0 Å². The van der Waals surface area contributed by atoms with Crippen LogP contribution in [0, 0.1) is 0 Å². The average molecular weight is 280 g/mol. The molecule has 2 heterocycles. The first-order valence-corrected chi connectivity index (χ1v) is 6.86. The quantitative estimate of drug-likeness (QED) is 0.822. The molecule has 2 aromatic rings. The number of aromatic nitrogens is 2. The summed E-state index contributed by atoms with van der Waals surface area (Å²) in [4.78, 5) is 4.24. The molecule has 1 aliphatic rings. The number of thioether (sulfide) groups is 1. The third kappa shape index (κ3) is 1.93. The van der Waals surface area contributed by atoms with Crippen LogP contribution in [0.5, 0.6) is 0 Å². The summed E-state index contributed by atoms with van der Waals surface area (Å²) >= 11 is 7.49. The lowest BCUT2D eigenvalue weighted by Crippen LogP contribution is -2.47. The van der Waals surface area contributed by atoms with Crippen LogP contribution in [0.1, 0.15) is 0 Å². The largest absolute Gasteiger partial charge is 0.230 e. The van der Waals surface area contributed by atoms with Crippen molar-refractivity contribution in [2.45, 2.75) is 5.16 Å². The molecule has 1 aromatic heterocycles. The van der Waals surface area contributed by atoms with E-state index in [1.165, 1.54) is 0 Å². The summed E-state index contributed by atoms with van der Waals surface area (Å²) in [5.41, 5.74) is 2.93. The van der Waals surface area contributed by atoms with Gasteiger partial charge in [-0.1, -0.05) is 23.4 Å². The smallest absolute Gasteiger partial charge is 0.188 e. The molecular weight excluding hydrogens is 270 g/mol. The van der Waals surface area contributed by atoms with Crippen molar-refractivity contribution in [3.63, 3.8) is 0 Å². The van der Waals surface area contributed by atoms with E-state index in [4.69, 9.17) is 11.6 Å². The maximum atomic E-state index is 5.93. The Hall–Kier alpha value is -1.66. The Morgan fingerprint density at radius 3 is 3.11 bits per heavy atom. The zero-order chi connectivity index (χ0) is 12.5. The summed E-state index contributed by atoms with van der Waals surface area (Å²) in [5.74, 6) is 0. The van der Waals surface area contributed by atoms with Gasteiger partial charge in [0.05, 0.1) is 11.6 Å². The SMILES string of the molecule is CSc1nccn1N1C=c2ccc(Cl)cc2=NN1. The van der Waals surface area contributed by atoms with Crippen molar-refractivity contribution in [2.75, 3.05) is 11.4 Å². The minimum Gasteiger partial charge on any atom is -0.230 e. The Kier molecular flexibility index (Phi) is 2.89. The van der Waals surface area contributed by atoms with Crippen LogP contribution in [-0.4, -0.2) is 15.9 Å². The van der Waals surface area contributed by atoms with Gasteiger partial charge >= 0.3 is 0 Å². The molecule has 0 fully saturated rings. The lowest BCUT2D eigenvalue weighted by molar-refractivity contribution is 0.539. The van der Waals surface area contributed by atoms with Gasteiger partial charge in [-0.2, -0.15) is 15.8 Å². The lowest BCUT2D eigenvalue weighted by Gasteiger charge is -2.23. The Morgan fingerprint density at radius 1 is 1.39 bits per heavy atom. The monoisotopic (exact) mass is 279 g/mol. The van der Waals surface area contributed by atoms with E-state index < -0.39 is 0 Å². The highest BCUT2D eigenvalue weighted by molar-refractivity contribution is 7.98. The summed E-state index contributed by atoms with van der Waals surface area (Å²) < 4.78 is 1.88. The third-order valence-electron chi connectivity index (χ3n) is 2.53. The van der Waals surface area contributed by atoms with Crippen molar-refractivity contribution in [2.24, 2.45) is 5.10 Å². The van der Waals surface area contributed by atoms with E-state index in [-0.39, 0.29) is 0 Å². The van der Waals surface area contributed by atoms with E-state index in [1.807, 2.05) is 41.5 Å². The number of imidazole rings is 1. The molecule has 0 radical (unpaired) electrons. The van der Waals surface area contributed by atoms with E-state index in [2.05, 4.69) is 15.6 Å². The number of halogens is 1. The van der Waals surface area contributed by atoms with Gasteiger partial charge in [0, 0.05) is 22.6 Å². The number of hydrogen-bond acceptors (Lipinski definition) is 5. The fourth-order valence-electron chi connectivity index (χ4n) is 1.69. The topological polar surface area (TPSA) is 45.5 Å². The molecule has 5 nitrogen and oxygen atoms in total. The lowest BCUT2D eigenvalue weighted by atomic mass is 10.3. The Bertz CT molecular complexity index is 696. The van der Waals surface area contributed by atoms with Gasteiger partial charge in [0.25, 0.3) is 0 Å². The number of hydrazine groups is 1. The van der Waals surface area contributed by atoms with Gasteiger partial charge in [0.15, 0.2) is 5.16 Å². The molecule has 0 unspecified atom stereocenters. The fourth-order valence-corrected chi connectivity index (χ4v) is 2.36. The second-order valence-electron chi connectivity index (χ2n) is 3.65. The molecule has 7 heteroatoms. The zero-order valence-corrected chi connectivity index (χ0v) is 11.1. The number of nitrogens with one attached hydrogen (secondary N) is 1. The molecule has 1 aliphatic heterocycles. The molecule has 0 saturated carbocycles. The minimum atomic E-state index is 0.675. The van der Waals surface area contributed by atoms with Crippen molar-refractivity contribution in [3.05, 3.63) is 46.2 Å². The van der Waals surface area contributed by atoms with Crippen LogP contribution < -0.4 is 21.2 Å². The zero-order valence-electron chi connectivity index (χ0n) is 9.54. The minimum absolute atomic E-state index is 0.675. The van der Waals surface area contributed by atoms with E-state index >= 15 is 0 Å². The Morgan fingerprint density at radius 2 is 2.28 bits per heavy atom. The van der Waals surface area contributed by atoms with Crippen molar-refractivity contribution < 1.29 is 0 Å². The molecule has 0 aliphatic carbocycles. The van der Waals surface area contributed by atoms with Gasteiger partial charge in [0.2, 0.25) is 0 Å². The number of fused-ring (bicyclic) bond motifs is 1. The number of nitrogens with zero attached hydrogens (tertiary/aromatic N) is 4. The highest BCUT2D eigenvalue weighted by Gasteiger charge is 2.09. The first-order chi connectivity index (χ1) is 8.78. The molecule has 0 atom stereocenters. The van der Waals surface area contributed by atoms with Gasteiger partial charge in [-0.15, -0.1) is 0 Å². The van der Waals surface area contributed by atoms with Gasteiger partial charge in [-0.25, -0.2) is 9.66 Å². The van der Waals surface area contributed by atoms with Crippen molar-refractivity contribution in [1.29, 1.82) is 0 Å². The van der Waals surface area contributed by atoms with Gasteiger partial charge in [0.1, 0.15) is 0 Å². The van der Waals surface area contributed by atoms with E-state index in [0.29, 0.717) is 5.02 Å². The Balaban J connectivity index is 2.06. The predicted octanol–water partition coefficient (Wildman–Crippen LogP) is 0.687. The molecule has 18 heavy (non-hydrogen) atoms. The summed E-state index contributed by atoms with van der Waals surface area (Å²) in [6.07, 6.45) is 7.54. The molecule has 0 saturated heterocycles. The van der Waals surface area contributed by atoms with Crippen LogP contribution >= 0.6 is 23.4 Å². The highest BCUT2D eigenvalue weighted by Crippen LogP contribution is 2.11. The standard InChI is InChI=1S/C11H10ClN5S/c1-18-11-13-4-5-16(11)17-7-8-2-3-9(12)6-10(8)14-15-17/h2-7,15H,1H3. The molecule has 1 aromatic carbocycles. The van der Waals surface area contributed by atoms with Crippen LogP contribution in [0.3, 0.4) is 0 Å². The Labute approximate surface area is 113 Å². The summed E-state index contributed by atoms with van der Waals surface area (Å²) in [6, 6.07) is 5.60. The number of rotatable bonds is 2. The van der Waals surface area contributed by atoms with Gasteiger partial charge in [-0.3, -0.25) is 0 Å². The molecule has 0 amide bonds. The molecule has 1 N–H and O–H groups in total. The maximum Gasteiger partial charge on any atom is 0.188 e. The van der Waals surface area contributed by atoms with Gasteiger partial charge < -0.3 is 0 Å². The van der Waals surface area contributed by atoms with Crippen molar-refractivity contribution in [1.82, 2.24) is 15.2 Å². The summed E-state index contributed by atoms with van der Waals surface area (Å²) in [5, 5.41) is 9.42. The van der Waals surface area contributed by atoms with E-state index in [1.54, 1.807) is 23.1 Å². The van der Waals surface area contributed by atoms with Crippen molar-refractivity contribution in [3.8, 4) is 0 Å². The third-order valence-corrected chi connectivity index (χ3v) is 3.42. The van der Waals surface area contributed by atoms with Crippen LogP contribution in [0.25, 0.3) is 6.20 Å². The van der Waals surface area contributed by atoms with Crippen LogP contribution in [0.15, 0.2) is 40.9 Å². The second kappa shape index (κ2) is 4.55. The fraction of sp³-hybridized carbons (Fsp3) is 0.0909. The maximum absolute atomic E-state index is 5.93. The normalized spacial score (nSPS) is 13.3. The number of hydrogen-bond donors (Lipinski definition) is 1. The molecule has 0 bridgehead atoms. The molecular formula is C11H10ClN5S. The summed E-state index contributed by atoms with van der Waals surface area (Å²) in [6.45, 7) is 0. The number of benzene rings is 1. The van der Waals surface area contributed by atoms with Crippen LogP contribution in [0.2, 0.25) is 5.02 Å². The molecule has 92 valence electrons. The second-order valence-corrected chi connectivity index (χ2v) is 4.86. The van der Waals surface area contributed by atoms with Crippen molar-refractivity contribution >= 4 is 29.6 Å². The van der Waals surface area contributed by atoms with E-state index in [9.17, 15) is 0 Å². The van der Waals surface area contributed by atoms with Crippen LogP contribution in [-0.2, 0) is 0 Å². The molecule has 0 spiro atoms. The van der Waals surface area contributed by atoms with Gasteiger partial charge in [-0.05, 0) is 24.5 Å². The highest BCUT2D eigenvalue weighted by atomic mass is 35.5. The average Bonchev–Trinajstić information content (AvgIpc) is 2.86. The summed E-state index contributed by atoms with van der Waals surface area (Å²) in [7, 11) is 0. The first kappa shape index (κ1) is 11.4. The predicted molar refractivity (Wildman–Crippen MR) is 72.1 cm³/mol.